The minimum Gasteiger partial charge on any atom is -0.495 e. The summed E-state index contributed by atoms with van der Waals surface area (Å²) in [5.74, 6) is -0.908. The van der Waals surface area contributed by atoms with Gasteiger partial charge >= 0.3 is 0 Å². The molecule has 0 amide bonds. The maximum atomic E-state index is 15.0. The summed E-state index contributed by atoms with van der Waals surface area (Å²) in [6.45, 7) is 1.63. The largest absolute Gasteiger partial charge is 0.495 e. The fourth-order valence-corrected chi connectivity index (χ4v) is 3.89. The highest BCUT2D eigenvalue weighted by Gasteiger charge is 2.18. The summed E-state index contributed by atoms with van der Waals surface area (Å²) in [6, 6.07) is 13.9. The molecule has 0 saturated heterocycles. The van der Waals surface area contributed by atoms with E-state index in [-0.39, 0.29) is 17.7 Å². The van der Waals surface area contributed by atoms with Crippen LogP contribution < -0.4 is 15.0 Å². The lowest BCUT2D eigenvalue weighted by molar-refractivity contribution is 0.0990. The molecule has 190 valence electrons. The van der Waals surface area contributed by atoms with Crippen molar-refractivity contribution in [2.75, 3.05) is 7.11 Å². The number of benzene rings is 2. The Kier molecular flexibility index (Phi) is 6.61. The van der Waals surface area contributed by atoms with Gasteiger partial charge in [0.05, 0.1) is 35.8 Å². The molecule has 0 aliphatic heterocycles. The van der Waals surface area contributed by atoms with Gasteiger partial charge in [-0.2, -0.15) is 9.78 Å². The Bertz CT molecular complexity index is 1740. The van der Waals surface area contributed by atoms with Crippen LogP contribution >= 0.6 is 0 Å². The summed E-state index contributed by atoms with van der Waals surface area (Å²) < 4.78 is 40.2. The third-order valence-corrected chi connectivity index (χ3v) is 5.74. The molecule has 2 aromatic carbocycles. The zero-order valence-corrected chi connectivity index (χ0v) is 20.3. The summed E-state index contributed by atoms with van der Waals surface area (Å²) in [6.07, 6.45) is 2.80. The van der Waals surface area contributed by atoms with Gasteiger partial charge in [-0.05, 0) is 55.0 Å². The van der Waals surface area contributed by atoms with E-state index in [0.29, 0.717) is 39.5 Å². The maximum absolute atomic E-state index is 15.0. The third-order valence-electron chi connectivity index (χ3n) is 5.74. The normalized spacial score (nSPS) is 10.9. The number of nitrogens with zero attached hydrogens (tertiary/aromatic N) is 4. The molecule has 0 atom stereocenters. The molecule has 10 heteroatoms. The fraction of sp³-hybridized carbons (Fsp3) is 0.107. The zero-order valence-electron chi connectivity index (χ0n) is 20.3. The van der Waals surface area contributed by atoms with Crippen molar-refractivity contribution in [3.05, 3.63) is 112 Å². The molecule has 5 aromatic rings. The van der Waals surface area contributed by atoms with Gasteiger partial charge in [-0.25, -0.2) is 13.8 Å². The van der Waals surface area contributed by atoms with Crippen LogP contribution in [-0.2, 0) is 6.42 Å². The van der Waals surface area contributed by atoms with Gasteiger partial charge in [0.15, 0.2) is 23.1 Å². The minimum atomic E-state index is -0.691. The monoisotopic (exact) mass is 514 g/mol. The van der Waals surface area contributed by atoms with E-state index >= 15 is 0 Å². The van der Waals surface area contributed by atoms with Gasteiger partial charge in [0, 0.05) is 24.8 Å². The smallest absolute Gasteiger partial charge is 0.282 e. The average Bonchev–Trinajstić information content (AvgIpc) is 2.91. The highest BCUT2D eigenvalue weighted by Crippen LogP contribution is 2.31. The minimum absolute atomic E-state index is 0.0651. The molecule has 0 N–H and O–H groups in total. The first kappa shape index (κ1) is 24.7. The van der Waals surface area contributed by atoms with Crippen LogP contribution in [0.1, 0.15) is 21.6 Å². The number of methoxy groups -OCH3 is 1. The van der Waals surface area contributed by atoms with Gasteiger partial charge in [-0.15, -0.1) is 0 Å². The molecule has 0 spiro atoms. The van der Waals surface area contributed by atoms with E-state index in [1.807, 2.05) is 0 Å². The predicted octanol–water partition coefficient (Wildman–Crippen LogP) is 4.99. The van der Waals surface area contributed by atoms with Crippen LogP contribution in [-0.4, -0.2) is 32.6 Å². The highest BCUT2D eigenvalue weighted by molar-refractivity contribution is 5.97. The molecular formula is C28H20F2N4O4. The van der Waals surface area contributed by atoms with Gasteiger partial charge in [-0.1, -0.05) is 6.07 Å². The maximum Gasteiger partial charge on any atom is 0.282 e. The summed E-state index contributed by atoms with van der Waals surface area (Å²) in [4.78, 5) is 34.5. The predicted molar refractivity (Wildman–Crippen MR) is 135 cm³/mol. The molecule has 0 aliphatic rings. The number of rotatable bonds is 7. The van der Waals surface area contributed by atoms with E-state index < -0.39 is 23.0 Å². The van der Waals surface area contributed by atoms with Crippen LogP contribution in [0.3, 0.4) is 0 Å². The van der Waals surface area contributed by atoms with E-state index in [0.717, 1.165) is 4.68 Å². The Morgan fingerprint density at radius 1 is 0.974 bits per heavy atom. The van der Waals surface area contributed by atoms with Crippen molar-refractivity contribution in [1.82, 2.24) is 19.7 Å². The first-order valence-corrected chi connectivity index (χ1v) is 11.5. The lowest BCUT2D eigenvalue weighted by atomic mass is 10.0. The zero-order chi connectivity index (χ0) is 26.8. The quantitative estimate of drug-likeness (QED) is 0.282. The number of ketones is 1. The average molecular weight is 514 g/mol. The van der Waals surface area contributed by atoms with E-state index in [9.17, 15) is 18.4 Å². The number of fused-ring (bicyclic) bond motifs is 1. The van der Waals surface area contributed by atoms with E-state index in [2.05, 4.69) is 15.1 Å². The lowest BCUT2D eigenvalue weighted by Crippen LogP contribution is -2.28. The molecule has 0 fully saturated rings. The molecule has 3 heterocycles. The third kappa shape index (κ3) is 4.96. The summed E-state index contributed by atoms with van der Waals surface area (Å²) >= 11 is 0. The lowest BCUT2D eigenvalue weighted by Gasteiger charge is -2.11. The Balaban J connectivity index is 1.39. The first-order valence-electron chi connectivity index (χ1n) is 11.5. The highest BCUT2D eigenvalue weighted by atomic mass is 19.1. The Labute approximate surface area is 215 Å². The number of ether oxygens (including phenoxy) is 2. The van der Waals surface area contributed by atoms with Gasteiger partial charge < -0.3 is 9.47 Å². The molecule has 0 radical (unpaired) electrons. The standard InChI is InChI=1S/C28H20F2N4O4/c1-16-11-21(28(36)34(33-16)19-6-4-18(29)5-7-19)24(35)13-17-3-8-25(22(30)12-17)38-26-9-10-31-23-14-20(37-2)15-32-27(23)26/h3-12,14-15H,13H2,1-2H3. The number of carbonyl (C=O) groups is 1. The van der Waals surface area contributed by atoms with Crippen LogP contribution in [0.2, 0.25) is 0 Å². The summed E-state index contributed by atoms with van der Waals surface area (Å²) in [7, 11) is 1.52. The van der Waals surface area contributed by atoms with Crippen molar-refractivity contribution in [2.45, 2.75) is 13.3 Å². The van der Waals surface area contributed by atoms with Crippen LogP contribution in [0, 0.1) is 18.6 Å². The molecule has 8 nitrogen and oxygen atoms in total. The van der Waals surface area contributed by atoms with Gasteiger partial charge in [0.25, 0.3) is 5.56 Å². The van der Waals surface area contributed by atoms with E-state index in [1.165, 1.54) is 62.0 Å². The fourth-order valence-electron chi connectivity index (χ4n) is 3.89. The molecule has 0 aliphatic carbocycles. The molecule has 5 rings (SSSR count). The number of hydrogen-bond donors (Lipinski definition) is 0. The number of halogens is 2. The van der Waals surface area contributed by atoms with Crippen molar-refractivity contribution in [1.29, 1.82) is 0 Å². The van der Waals surface area contributed by atoms with Crippen molar-refractivity contribution in [3.8, 4) is 22.9 Å². The SMILES string of the molecule is COc1cnc2c(Oc3ccc(CC(=O)c4cc(C)nn(-c5ccc(F)cc5)c4=O)cc3F)ccnc2c1. The number of carbonyl (C=O) groups excluding carboxylic acids is 1. The number of pyridine rings is 2. The number of hydrogen-bond acceptors (Lipinski definition) is 7. The number of aryl methyl sites for hydroxylation is 1. The Morgan fingerprint density at radius 2 is 1.76 bits per heavy atom. The Hall–Kier alpha value is -4.99. The molecular weight excluding hydrogens is 494 g/mol. The van der Waals surface area contributed by atoms with Crippen molar-refractivity contribution >= 4 is 16.8 Å². The number of Topliss-reactive ketones (excluding diaryl/α,β-unsaturated/α-hetero) is 1. The second kappa shape index (κ2) is 10.2. The molecule has 0 bridgehead atoms. The number of aromatic nitrogens is 4. The molecule has 3 aromatic heterocycles. The molecule has 0 unspecified atom stereocenters. The van der Waals surface area contributed by atoms with Crippen LogP contribution in [0.25, 0.3) is 16.7 Å². The van der Waals surface area contributed by atoms with Gasteiger partial charge in [-0.3, -0.25) is 14.6 Å². The first-order chi connectivity index (χ1) is 18.3. The second-order valence-electron chi connectivity index (χ2n) is 8.41. The summed E-state index contributed by atoms with van der Waals surface area (Å²) in [5.41, 5.74) is 1.28. The van der Waals surface area contributed by atoms with Crippen molar-refractivity contribution in [3.63, 3.8) is 0 Å². The summed E-state index contributed by atoms with van der Waals surface area (Å²) in [5, 5.41) is 4.16. The van der Waals surface area contributed by atoms with Crippen molar-refractivity contribution < 1.29 is 23.0 Å². The topological polar surface area (TPSA) is 96.2 Å². The Morgan fingerprint density at radius 3 is 2.50 bits per heavy atom. The van der Waals surface area contributed by atoms with Crippen LogP contribution in [0.4, 0.5) is 8.78 Å². The molecule has 38 heavy (non-hydrogen) atoms. The van der Waals surface area contributed by atoms with Crippen molar-refractivity contribution in [2.24, 2.45) is 0 Å². The second-order valence-corrected chi connectivity index (χ2v) is 8.41. The van der Waals surface area contributed by atoms with Gasteiger partial charge in [0.2, 0.25) is 0 Å². The molecule has 0 saturated carbocycles. The van der Waals surface area contributed by atoms with Crippen LogP contribution in [0.5, 0.6) is 17.2 Å². The van der Waals surface area contributed by atoms with Crippen LogP contribution in [0.15, 0.2) is 77.9 Å². The van der Waals surface area contributed by atoms with Gasteiger partial charge in [0.1, 0.15) is 17.1 Å². The van der Waals surface area contributed by atoms with E-state index in [1.54, 1.807) is 25.1 Å². The van der Waals surface area contributed by atoms with E-state index in [4.69, 9.17) is 9.47 Å².